The molecule has 3 aliphatic rings. The molecule has 2 amide bonds. The zero-order valence-electron chi connectivity index (χ0n) is 22.0. The molecule has 2 aromatic carbocycles. The average molecular weight is 558 g/mol. The van der Waals surface area contributed by atoms with Crippen molar-refractivity contribution in [3.05, 3.63) is 57.1 Å². The fraction of sp³-hybridized carbons (Fsp3) is 0.481. The van der Waals surface area contributed by atoms with Gasteiger partial charge < -0.3 is 29.1 Å². The van der Waals surface area contributed by atoms with E-state index in [4.69, 9.17) is 21.1 Å². The molecule has 0 spiro atoms. The van der Waals surface area contributed by atoms with E-state index in [2.05, 4.69) is 9.80 Å². The van der Waals surface area contributed by atoms with Crippen LogP contribution in [0.2, 0.25) is 5.02 Å². The van der Waals surface area contributed by atoms with Crippen molar-refractivity contribution in [2.45, 2.75) is 19.4 Å². The van der Waals surface area contributed by atoms with Crippen LogP contribution in [0.1, 0.15) is 12.5 Å². The summed E-state index contributed by atoms with van der Waals surface area (Å²) in [6, 6.07) is 10.3. The lowest BCUT2D eigenvalue weighted by atomic mass is 9.82. The monoisotopic (exact) mass is 557 g/mol. The molecular weight excluding hydrogens is 526 g/mol. The van der Waals surface area contributed by atoms with Gasteiger partial charge in [-0.05, 0) is 43.2 Å². The van der Waals surface area contributed by atoms with Crippen LogP contribution >= 0.6 is 11.6 Å². The van der Waals surface area contributed by atoms with E-state index in [-0.39, 0.29) is 23.7 Å². The maximum atomic E-state index is 14.0. The van der Waals surface area contributed by atoms with E-state index in [0.29, 0.717) is 69.6 Å². The number of ether oxygens (including phenoxy) is 2. The van der Waals surface area contributed by atoms with Gasteiger partial charge in [-0.3, -0.25) is 14.9 Å². The van der Waals surface area contributed by atoms with Crippen LogP contribution in [0.4, 0.5) is 21.9 Å². The maximum absolute atomic E-state index is 14.0. The van der Waals surface area contributed by atoms with Crippen molar-refractivity contribution in [2.75, 3.05) is 69.3 Å². The summed E-state index contributed by atoms with van der Waals surface area (Å²) in [5.74, 6) is 0.282. The van der Waals surface area contributed by atoms with Crippen molar-refractivity contribution in [3.63, 3.8) is 0 Å². The number of amides is 2. The van der Waals surface area contributed by atoms with Crippen molar-refractivity contribution in [1.82, 2.24) is 9.80 Å². The smallest absolute Gasteiger partial charge is 0.409 e. The number of carbonyl (C=O) groups is 2. The number of fused-ring (bicyclic) bond motifs is 3. The number of rotatable bonds is 5. The molecule has 2 unspecified atom stereocenters. The normalized spacial score (nSPS) is 20.7. The first-order valence-corrected chi connectivity index (χ1v) is 13.5. The van der Waals surface area contributed by atoms with Gasteiger partial charge in [0.2, 0.25) is 5.91 Å². The Labute approximate surface area is 231 Å². The SMILES string of the molecule is CCOC(=O)N1CCN(C(=O)C2Cc3cc([N+](=O)[O-])ccc3N3CCN(c4cc(Cl)ccc4OC)CC23)CC1. The molecule has 0 radical (unpaired) electrons. The Hall–Kier alpha value is -3.73. The highest BCUT2D eigenvalue weighted by atomic mass is 35.5. The highest BCUT2D eigenvalue weighted by molar-refractivity contribution is 6.31. The minimum atomic E-state index is -0.415. The van der Waals surface area contributed by atoms with Gasteiger partial charge >= 0.3 is 6.09 Å². The molecule has 3 aliphatic heterocycles. The van der Waals surface area contributed by atoms with Gasteiger partial charge in [0, 0.05) is 68.7 Å². The third-order valence-corrected chi connectivity index (χ3v) is 8.06. The Bertz CT molecular complexity index is 1270. The lowest BCUT2D eigenvalue weighted by molar-refractivity contribution is -0.384. The molecule has 2 aromatic rings. The molecular formula is C27H32ClN5O6. The van der Waals surface area contributed by atoms with E-state index >= 15 is 0 Å². The number of piperazine rings is 2. The molecule has 2 fully saturated rings. The van der Waals surface area contributed by atoms with Gasteiger partial charge in [0.25, 0.3) is 5.69 Å². The Morgan fingerprint density at radius 1 is 1.03 bits per heavy atom. The second-order valence-corrected chi connectivity index (χ2v) is 10.4. The number of nitro groups is 1. The zero-order valence-corrected chi connectivity index (χ0v) is 22.8. The first-order valence-electron chi connectivity index (χ1n) is 13.1. The van der Waals surface area contributed by atoms with Crippen LogP contribution in [0, 0.1) is 16.0 Å². The van der Waals surface area contributed by atoms with E-state index in [1.54, 1.807) is 42.0 Å². The van der Waals surface area contributed by atoms with Gasteiger partial charge in [0.1, 0.15) is 5.75 Å². The first-order chi connectivity index (χ1) is 18.8. The number of non-ortho nitro benzene ring substituents is 1. The van der Waals surface area contributed by atoms with Crippen molar-refractivity contribution in [1.29, 1.82) is 0 Å². The number of hydrogen-bond donors (Lipinski definition) is 0. The quantitative estimate of drug-likeness (QED) is 0.406. The molecule has 11 nitrogen and oxygen atoms in total. The van der Waals surface area contributed by atoms with Crippen LogP contribution in [0.25, 0.3) is 0 Å². The van der Waals surface area contributed by atoms with E-state index < -0.39 is 10.8 Å². The van der Waals surface area contributed by atoms with Gasteiger partial charge in [-0.2, -0.15) is 0 Å². The van der Waals surface area contributed by atoms with Crippen LogP contribution in [-0.2, 0) is 16.0 Å². The van der Waals surface area contributed by atoms with Crippen molar-refractivity contribution in [2.24, 2.45) is 5.92 Å². The lowest BCUT2D eigenvalue weighted by Gasteiger charge is -2.50. The number of benzene rings is 2. The number of nitrogens with zero attached hydrogens (tertiary/aromatic N) is 5. The lowest BCUT2D eigenvalue weighted by Crippen LogP contribution is -2.62. The molecule has 3 heterocycles. The Morgan fingerprint density at radius 3 is 2.46 bits per heavy atom. The van der Waals surface area contributed by atoms with E-state index in [9.17, 15) is 19.7 Å². The third kappa shape index (κ3) is 5.27. The maximum Gasteiger partial charge on any atom is 0.409 e. The second-order valence-electron chi connectivity index (χ2n) is 9.91. The molecule has 5 rings (SSSR count). The summed E-state index contributed by atoms with van der Waals surface area (Å²) in [7, 11) is 1.62. The summed E-state index contributed by atoms with van der Waals surface area (Å²) in [4.78, 5) is 45.1. The van der Waals surface area contributed by atoms with Crippen molar-refractivity contribution < 1.29 is 24.0 Å². The highest BCUT2D eigenvalue weighted by Crippen LogP contribution is 2.41. The summed E-state index contributed by atoms with van der Waals surface area (Å²) in [6.45, 7) is 5.56. The molecule has 0 saturated carbocycles. The molecule has 39 heavy (non-hydrogen) atoms. The summed E-state index contributed by atoms with van der Waals surface area (Å²) in [6.07, 6.45) is 0.0309. The van der Waals surface area contributed by atoms with Crippen LogP contribution in [0.5, 0.6) is 5.75 Å². The molecule has 0 aliphatic carbocycles. The summed E-state index contributed by atoms with van der Waals surface area (Å²) in [5, 5.41) is 12.1. The number of methoxy groups -OCH3 is 1. The van der Waals surface area contributed by atoms with Gasteiger partial charge in [0.15, 0.2) is 0 Å². The molecule has 208 valence electrons. The Balaban J connectivity index is 1.43. The Kier molecular flexibility index (Phi) is 7.69. The number of halogens is 1. The molecule has 2 saturated heterocycles. The topological polar surface area (TPSA) is 109 Å². The van der Waals surface area contributed by atoms with E-state index in [1.807, 2.05) is 12.1 Å². The highest BCUT2D eigenvalue weighted by Gasteiger charge is 2.44. The molecule has 0 N–H and O–H groups in total. The van der Waals surface area contributed by atoms with Crippen LogP contribution in [-0.4, -0.2) is 92.3 Å². The van der Waals surface area contributed by atoms with Crippen LogP contribution < -0.4 is 14.5 Å². The summed E-state index contributed by atoms with van der Waals surface area (Å²) in [5.41, 5.74) is 2.62. The molecule has 0 aromatic heterocycles. The minimum absolute atomic E-state index is 0.00873. The van der Waals surface area contributed by atoms with Gasteiger partial charge in [-0.15, -0.1) is 0 Å². The van der Waals surface area contributed by atoms with Crippen molar-refractivity contribution in [3.8, 4) is 5.75 Å². The van der Waals surface area contributed by atoms with E-state index in [0.717, 1.165) is 16.9 Å². The van der Waals surface area contributed by atoms with E-state index in [1.165, 1.54) is 6.07 Å². The fourth-order valence-corrected chi connectivity index (χ4v) is 6.06. The van der Waals surface area contributed by atoms with Crippen LogP contribution in [0.3, 0.4) is 0 Å². The average Bonchev–Trinajstić information content (AvgIpc) is 2.95. The minimum Gasteiger partial charge on any atom is -0.495 e. The first kappa shape index (κ1) is 26.9. The fourth-order valence-electron chi connectivity index (χ4n) is 5.90. The molecule has 0 bridgehead atoms. The van der Waals surface area contributed by atoms with Crippen LogP contribution in [0.15, 0.2) is 36.4 Å². The van der Waals surface area contributed by atoms with Crippen molar-refractivity contribution >= 4 is 40.7 Å². The largest absolute Gasteiger partial charge is 0.495 e. The van der Waals surface area contributed by atoms with Gasteiger partial charge in [0.05, 0.1) is 36.3 Å². The predicted octanol–water partition coefficient (Wildman–Crippen LogP) is 3.43. The van der Waals surface area contributed by atoms with Gasteiger partial charge in [-0.25, -0.2) is 4.79 Å². The number of carbonyl (C=O) groups excluding carboxylic acids is 2. The number of nitro benzene ring substituents is 1. The predicted molar refractivity (Wildman–Crippen MR) is 147 cm³/mol. The summed E-state index contributed by atoms with van der Waals surface area (Å²) < 4.78 is 10.7. The van der Waals surface area contributed by atoms with Gasteiger partial charge in [-0.1, -0.05) is 11.6 Å². The number of anilines is 2. The zero-order chi connectivity index (χ0) is 27.7. The molecule has 12 heteroatoms. The standard InChI is InChI=1S/C27H32ClN5O6/c1-3-39-27(35)30-10-8-29(9-11-30)26(34)21-15-18-14-20(33(36)37)5-6-22(18)32-13-12-31(17-24(21)32)23-16-19(28)4-7-25(23)38-2/h4-7,14,16,21,24H,3,8-13,15,17H2,1-2H3. The Morgan fingerprint density at radius 2 is 1.77 bits per heavy atom. The third-order valence-electron chi connectivity index (χ3n) is 7.82. The molecule has 2 atom stereocenters. The summed E-state index contributed by atoms with van der Waals surface area (Å²) >= 11 is 6.33. The number of hydrogen-bond acceptors (Lipinski definition) is 8. The second kappa shape index (κ2) is 11.2.